The molecule has 1 fully saturated rings. The van der Waals surface area contributed by atoms with Crippen LogP contribution in [0.3, 0.4) is 0 Å². The lowest BCUT2D eigenvalue weighted by Crippen LogP contribution is -2.25. The van der Waals surface area contributed by atoms with Crippen LogP contribution in [0.15, 0.2) is 36.5 Å². The van der Waals surface area contributed by atoms with E-state index in [4.69, 9.17) is 0 Å². The third-order valence-electron chi connectivity index (χ3n) is 3.08. The maximum Gasteiger partial charge on any atom is 0.251 e. The molecule has 0 unspecified atom stereocenters. The van der Waals surface area contributed by atoms with Gasteiger partial charge in [0.25, 0.3) is 5.91 Å². The molecule has 1 aromatic carbocycles. The van der Waals surface area contributed by atoms with Crippen LogP contribution < -0.4 is 10.6 Å². The first-order chi connectivity index (χ1) is 9.31. The zero-order valence-electron chi connectivity index (χ0n) is 10.5. The van der Waals surface area contributed by atoms with E-state index in [0.717, 1.165) is 24.2 Å². The Morgan fingerprint density at radius 3 is 3.00 bits per heavy atom. The van der Waals surface area contributed by atoms with Crippen LogP contribution in [0, 0.1) is 0 Å². The molecule has 2 aromatic rings. The van der Waals surface area contributed by atoms with Crippen LogP contribution in [0.4, 0.5) is 5.69 Å². The number of H-pyrrole nitrogens is 1. The second-order valence-electron chi connectivity index (χ2n) is 4.76. The quantitative estimate of drug-likeness (QED) is 0.765. The summed E-state index contributed by atoms with van der Waals surface area (Å²) < 4.78 is 0. The number of aromatic nitrogens is 2. The van der Waals surface area contributed by atoms with Crippen LogP contribution in [0.1, 0.15) is 28.9 Å². The van der Waals surface area contributed by atoms with Crippen molar-refractivity contribution >= 4 is 11.6 Å². The second-order valence-corrected chi connectivity index (χ2v) is 4.76. The first kappa shape index (κ1) is 11.8. The van der Waals surface area contributed by atoms with Crippen molar-refractivity contribution in [2.24, 2.45) is 0 Å². The largest absolute Gasteiger partial charge is 0.379 e. The molecule has 1 aliphatic carbocycles. The first-order valence-electron chi connectivity index (χ1n) is 6.44. The van der Waals surface area contributed by atoms with Crippen LogP contribution in [-0.2, 0) is 6.54 Å². The van der Waals surface area contributed by atoms with Gasteiger partial charge in [-0.1, -0.05) is 6.07 Å². The predicted molar refractivity (Wildman–Crippen MR) is 72.8 cm³/mol. The topological polar surface area (TPSA) is 69.8 Å². The molecular formula is C14H16N4O. The van der Waals surface area contributed by atoms with E-state index in [1.807, 2.05) is 30.3 Å². The van der Waals surface area contributed by atoms with Crippen molar-refractivity contribution in [3.63, 3.8) is 0 Å². The van der Waals surface area contributed by atoms with Crippen molar-refractivity contribution in [2.45, 2.75) is 25.4 Å². The first-order valence-corrected chi connectivity index (χ1v) is 6.44. The van der Waals surface area contributed by atoms with Crippen LogP contribution in [0.2, 0.25) is 0 Å². The number of aromatic amines is 1. The third kappa shape index (κ3) is 3.13. The zero-order chi connectivity index (χ0) is 13.1. The number of carbonyl (C=O) groups is 1. The van der Waals surface area contributed by atoms with Gasteiger partial charge >= 0.3 is 0 Å². The smallest absolute Gasteiger partial charge is 0.251 e. The van der Waals surface area contributed by atoms with Crippen LogP contribution in [0.5, 0.6) is 0 Å². The monoisotopic (exact) mass is 256 g/mol. The maximum absolute atomic E-state index is 11.9. The van der Waals surface area contributed by atoms with Crippen LogP contribution >= 0.6 is 0 Å². The molecule has 1 aliphatic rings. The fraction of sp³-hybridized carbons (Fsp3) is 0.286. The molecule has 0 saturated heterocycles. The van der Waals surface area contributed by atoms with E-state index >= 15 is 0 Å². The lowest BCUT2D eigenvalue weighted by Gasteiger charge is -2.07. The number of benzene rings is 1. The molecule has 1 aromatic heterocycles. The van der Waals surface area contributed by atoms with E-state index in [1.165, 1.54) is 0 Å². The van der Waals surface area contributed by atoms with Gasteiger partial charge in [-0.05, 0) is 37.1 Å². The molecule has 0 radical (unpaired) electrons. The fourth-order valence-corrected chi connectivity index (χ4v) is 1.85. The van der Waals surface area contributed by atoms with Gasteiger partial charge < -0.3 is 10.6 Å². The lowest BCUT2D eigenvalue weighted by atomic mass is 10.2. The van der Waals surface area contributed by atoms with E-state index in [0.29, 0.717) is 18.2 Å². The van der Waals surface area contributed by atoms with E-state index in [2.05, 4.69) is 20.8 Å². The minimum absolute atomic E-state index is 0.00712. The predicted octanol–water partition coefficient (Wildman–Crippen LogP) is 1.91. The summed E-state index contributed by atoms with van der Waals surface area (Å²) in [5.74, 6) is 0.00712. The van der Waals surface area contributed by atoms with Gasteiger partial charge in [-0.2, -0.15) is 5.10 Å². The van der Waals surface area contributed by atoms with Crippen molar-refractivity contribution in [1.29, 1.82) is 0 Å². The number of nitrogens with zero attached hydrogens (tertiary/aromatic N) is 1. The molecule has 5 heteroatoms. The van der Waals surface area contributed by atoms with E-state index in [9.17, 15) is 4.79 Å². The normalized spacial score (nSPS) is 14.1. The number of carbonyl (C=O) groups excluding carboxylic acids is 1. The zero-order valence-corrected chi connectivity index (χ0v) is 10.5. The highest BCUT2D eigenvalue weighted by molar-refractivity contribution is 5.95. The van der Waals surface area contributed by atoms with Crippen molar-refractivity contribution < 1.29 is 4.79 Å². The Balaban J connectivity index is 1.63. The summed E-state index contributed by atoms with van der Waals surface area (Å²) in [7, 11) is 0. The van der Waals surface area contributed by atoms with Crippen molar-refractivity contribution in [1.82, 2.24) is 15.5 Å². The lowest BCUT2D eigenvalue weighted by molar-refractivity contribution is 0.0951. The van der Waals surface area contributed by atoms with Crippen molar-refractivity contribution in [2.75, 3.05) is 5.32 Å². The molecule has 0 aliphatic heterocycles. The third-order valence-corrected chi connectivity index (χ3v) is 3.08. The minimum atomic E-state index is 0.00712. The number of anilines is 1. The van der Waals surface area contributed by atoms with Crippen LogP contribution in [0.25, 0.3) is 0 Å². The molecule has 1 saturated carbocycles. The maximum atomic E-state index is 11.9. The standard InChI is InChI=1S/C14H16N4O/c19-14(17-11-4-5-11)10-2-1-3-12(8-10)15-9-13-6-7-16-18-13/h1-3,6-8,11,15H,4-5,9H2,(H,16,18)(H,17,19). The van der Waals surface area contributed by atoms with Gasteiger partial charge in [0.15, 0.2) is 0 Å². The summed E-state index contributed by atoms with van der Waals surface area (Å²) in [6.45, 7) is 0.660. The molecule has 19 heavy (non-hydrogen) atoms. The summed E-state index contributed by atoms with van der Waals surface area (Å²) in [5, 5.41) is 13.0. The fourth-order valence-electron chi connectivity index (χ4n) is 1.85. The molecule has 3 N–H and O–H groups in total. The van der Waals surface area contributed by atoms with Gasteiger partial charge in [-0.15, -0.1) is 0 Å². The highest BCUT2D eigenvalue weighted by atomic mass is 16.1. The summed E-state index contributed by atoms with van der Waals surface area (Å²) in [4.78, 5) is 11.9. The number of nitrogens with one attached hydrogen (secondary N) is 3. The average Bonchev–Trinajstić information content (AvgIpc) is 3.09. The van der Waals surface area contributed by atoms with E-state index in [-0.39, 0.29) is 5.91 Å². The Bertz CT molecular complexity index is 561. The van der Waals surface area contributed by atoms with Gasteiger partial charge in [-0.25, -0.2) is 0 Å². The van der Waals surface area contributed by atoms with Gasteiger partial charge in [0, 0.05) is 23.5 Å². The molecule has 1 amide bonds. The van der Waals surface area contributed by atoms with Gasteiger partial charge in [0.1, 0.15) is 0 Å². The van der Waals surface area contributed by atoms with Gasteiger partial charge in [-0.3, -0.25) is 9.89 Å². The molecule has 5 nitrogen and oxygen atoms in total. The van der Waals surface area contributed by atoms with Crippen LogP contribution in [-0.4, -0.2) is 22.1 Å². The summed E-state index contributed by atoms with van der Waals surface area (Å²) >= 11 is 0. The van der Waals surface area contributed by atoms with E-state index in [1.54, 1.807) is 6.20 Å². The SMILES string of the molecule is O=C(NC1CC1)c1cccc(NCc2ccn[nH]2)c1. The highest BCUT2D eigenvalue weighted by Gasteiger charge is 2.23. The minimum Gasteiger partial charge on any atom is -0.379 e. The Hall–Kier alpha value is -2.30. The van der Waals surface area contributed by atoms with E-state index < -0.39 is 0 Å². The molecule has 0 atom stereocenters. The summed E-state index contributed by atoms with van der Waals surface area (Å²) in [6.07, 6.45) is 3.92. The highest BCUT2D eigenvalue weighted by Crippen LogP contribution is 2.20. The molecule has 0 spiro atoms. The molecule has 3 rings (SSSR count). The number of rotatable bonds is 5. The Kier molecular flexibility index (Phi) is 3.18. The Labute approximate surface area is 111 Å². The Morgan fingerprint density at radius 1 is 1.37 bits per heavy atom. The molecular weight excluding hydrogens is 240 g/mol. The average molecular weight is 256 g/mol. The van der Waals surface area contributed by atoms with Crippen molar-refractivity contribution in [3.8, 4) is 0 Å². The molecule has 0 bridgehead atoms. The number of hydrogen-bond donors (Lipinski definition) is 3. The Morgan fingerprint density at radius 2 is 2.26 bits per heavy atom. The van der Waals surface area contributed by atoms with Crippen molar-refractivity contribution in [3.05, 3.63) is 47.8 Å². The number of hydrogen-bond acceptors (Lipinski definition) is 3. The molecule has 1 heterocycles. The summed E-state index contributed by atoms with van der Waals surface area (Å²) in [6, 6.07) is 9.83. The number of amides is 1. The summed E-state index contributed by atoms with van der Waals surface area (Å²) in [5.41, 5.74) is 2.63. The van der Waals surface area contributed by atoms with Gasteiger partial charge in [0.2, 0.25) is 0 Å². The van der Waals surface area contributed by atoms with Gasteiger partial charge in [0.05, 0.1) is 12.2 Å². The second kappa shape index (κ2) is 5.14. The molecule has 98 valence electrons.